The van der Waals surface area contributed by atoms with Gasteiger partial charge in [0.2, 0.25) is 0 Å². The van der Waals surface area contributed by atoms with Gasteiger partial charge in [0, 0.05) is 0 Å². The highest BCUT2D eigenvalue weighted by Gasteiger charge is 2.22. The number of rotatable bonds is 6. The summed E-state index contributed by atoms with van der Waals surface area (Å²) >= 11 is 0. The van der Waals surface area contributed by atoms with E-state index in [-0.39, 0.29) is 18.0 Å². The third kappa shape index (κ3) is 4.91. The van der Waals surface area contributed by atoms with Crippen molar-refractivity contribution in [1.82, 2.24) is 0 Å². The van der Waals surface area contributed by atoms with Crippen LogP contribution < -0.4 is 0 Å². The fourth-order valence-electron chi connectivity index (χ4n) is 1.92. The molecular weight excluding hydrogens is 224 g/mol. The van der Waals surface area contributed by atoms with Crippen LogP contribution in [0.4, 0.5) is 0 Å². The molecule has 0 aliphatic rings. The standard InChI is InChI=1S/C16H24O2/c1-12(2)10-11-15(16(17)18-13(3)4)14-8-6-5-7-9-14/h5-9,12-13,15H,10-11H2,1-4H3. The molecule has 0 N–H and O–H groups in total. The predicted octanol–water partition coefficient (Wildman–Crippen LogP) is 4.16. The molecule has 0 amide bonds. The van der Waals surface area contributed by atoms with Gasteiger partial charge in [-0.15, -0.1) is 0 Å². The summed E-state index contributed by atoms with van der Waals surface area (Å²) in [7, 11) is 0. The molecule has 2 nitrogen and oxygen atoms in total. The Kier molecular flexibility index (Phi) is 5.90. The van der Waals surface area contributed by atoms with Crippen molar-refractivity contribution in [3.63, 3.8) is 0 Å². The Balaban J connectivity index is 2.78. The first-order valence-electron chi connectivity index (χ1n) is 6.76. The molecule has 0 radical (unpaired) electrons. The lowest BCUT2D eigenvalue weighted by Gasteiger charge is -2.19. The molecule has 1 atom stereocenters. The molecule has 0 spiro atoms. The summed E-state index contributed by atoms with van der Waals surface area (Å²) in [4.78, 5) is 12.1. The molecule has 0 fully saturated rings. The first kappa shape index (κ1) is 14.7. The van der Waals surface area contributed by atoms with Crippen molar-refractivity contribution in [2.45, 2.75) is 52.6 Å². The van der Waals surface area contributed by atoms with E-state index in [1.54, 1.807) is 0 Å². The van der Waals surface area contributed by atoms with Crippen molar-refractivity contribution in [1.29, 1.82) is 0 Å². The van der Waals surface area contributed by atoms with E-state index >= 15 is 0 Å². The Morgan fingerprint density at radius 1 is 1.06 bits per heavy atom. The molecule has 0 bridgehead atoms. The van der Waals surface area contributed by atoms with Crippen LogP contribution >= 0.6 is 0 Å². The minimum Gasteiger partial charge on any atom is -0.463 e. The number of hydrogen-bond donors (Lipinski definition) is 0. The van der Waals surface area contributed by atoms with Crippen molar-refractivity contribution < 1.29 is 9.53 Å². The SMILES string of the molecule is CC(C)CCC(C(=O)OC(C)C)c1ccccc1. The molecule has 0 aliphatic heterocycles. The first-order chi connectivity index (χ1) is 8.50. The minimum atomic E-state index is -0.129. The number of carbonyl (C=O) groups is 1. The average Bonchev–Trinajstić information content (AvgIpc) is 2.29. The van der Waals surface area contributed by atoms with E-state index in [4.69, 9.17) is 4.74 Å². The number of carbonyl (C=O) groups excluding carboxylic acids is 1. The topological polar surface area (TPSA) is 26.3 Å². The maximum absolute atomic E-state index is 12.1. The predicted molar refractivity (Wildman–Crippen MR) is 74.5 cm³/mol. The van der Waals surface area contributed by atoms with Crippen LogP contribution in [-0.4, -0.2) is 12.1 Å². The van der Waals surface area contributed by atoms with Gasteiger partial charge in [0.25, 0.3) is 0 Å². The van der Waals surface area contributed by atoms with E-state index < -0.39 is 0 Å². The fourth-order valence-corrected chi connectivity index (χ4v) is 1.92. The molecule has 100 valence electrons. The van der Waals surface area contributed by atoms with Crippen LogP contribution in [-0.2, 0) is 9.53 Å². The first-order valence-corrected chi connectivity index (χ1v) is 6.76. The highest BCUT2D eigenvalue weighted by molar-refractivity contribution is 5.78. The molecular formula is C16H24O2. The van der Waals surface area contributed by atoms with Gasteiger partial charge in [0.1, 0.15) is 0 Å². The zero-order valence-electron chi connectivity index (χ0n) is 11.8. The molecule has 0 saturated carbocycles. The second-order valence-corrected chi connectivity index (χ2v) is 5.42. The van der Waals surface area contributed by atoms with Crippen LogP contribution in [0.25, 0.3) is 0 Å². The van der Waals surface area contributed by atoms with Gasteiger partial charge in [-0.05, 0) is 38.2 Å². The molecule has 1 aromatic rings. The summed E-state index contributed by atoms with van der Waals surface area (Å²) < 4.78 is 5.36. The highest BCUT2D eigenvalue weighted by Crippen LogP contribution is 2.25. The third-order valence-corrected chi connectivity index (χ3v) is 2.87. The molecule has 1 unspecified atom stereocenters. The monoisotopic (exact) mass is 248 g/mol. The molecule has 2 heteroatoms. The smallest absolute Gasteiger partial charge is 0.313 e. The van der Waals surface area contributed by atoms with E-state index in [2.05, 4.69) is 13.8 Å². The van der Waals surface area contributed by atoms with E-state index in [1.807, 2.05) is 44.2 Å². The zero-order chi connectivity index (χ0) is 13.5. The van der Waals surface area contributed by atoms with Gasteiger partial charge in [-0.3, -0.25) is 4.79 Å². The number of benzene rings is 1. The summed E-state index contributed by atoms with van der Waals surface area (Å²) in [5.41, 5.74) is 1.06. The van der Waals surface area contributed by atoms with Gasteiger partial charge in [-0.2, -0.15) is 0 Å². The molecule has 0 aliphatic carbocycles. The minimum absolute atomic E-state index is 0.0530. The highest BCUT2D eigenvalue weighted by atomic mass is 16.5. The molecule has 1 aromatic carbocycles. The lowest BCUT2D eigenvalue weighted by Crippen LogP contribution is -2.20. The Bertz CT molecular complexity index is 355. The second kappa shape index (κ2) is 7.20. The third-order valence-electron chi connectivity index (χ3n) is 2.87. The number of hydrogen-bond acceptors (Lipinski definition) is 2. The van der Waals surface area contributed by atoms with Gasteiger partial charge in [0.15, 0.2) is 0 Å². The van der Waals surface area contributed by atoms with Crippen LogP contribution in [0.3, 0.4) is 0 Å². The Labute approximate surface area is 110 Å². The van der Waals surface area contributed by atoms with E-state index in [0.717, 1.165) is 18.4 Å². The molecule has 1 rings (SSSR count). The van der Waals surface area contributed by atoms with Gasteiger partial charge < -0.3 is 4.74 Å². The van der Waals surface area contributed by atoms with E-state index in [0.29, 0.717) is 5.92 Å². The van der Waals surface area contributed by atoms with Crippen molar-refractivity contribution >= 4 is 5.97 Å². The van der Waals surface area contributed by atoms with Crippen molar-refractivity contribution in [2.75, 3.05) is 0 Å². The Hall–Kier alpha value is -1.31. The van der Waals surface area contributed by atoms with Gasteiger partial charge >= 0.3 is 5.97 Å². The fraction of sp³-hybridized carbons (Fsp3) is 0.562. The summed E-state index contributed by atoms with van der Waals surface area (Å²) in [5, 5.41) is 0. The Morgan fingerprint density at radius 3 is 2.17 bits per heavy atom. The van der Waals surface area contributed by atoms with Crippen LogP contribution in [0.2, 0.25) is 0 Å². The van der Waals surface area contributed by atoms with Crippen molar-refractivity contribution in [3.8, 4) is 0 Å². The maximum Gasteiger partial charge on any atom is 0.313 e. The molecule has 0 saturated heterocycles. The lowest BCUT2D eigenvalue weighted by atomic mass is 9.91. The normalized spacial score (nSPS) is 12.8. The number of esters is 1. The Morgan fingerprint density at radius 2 is 1.67 bits per heavy atom. The van der Waals surface area contributed by atoms with Crippen LogP contribution in [0.5, 0.6) is 0 Å². The number of ether oxygens (including phenoxy) is 1. The van der Waals surface area contributed by atoms with Crippen LogP contribution in [0.1, 0.15) is 52.0 Å². The summed E-state index contributed by atoms with van der Waals surface area (Å²) in [6, 6.07) is 9.93. The quantitative estimate of drug-likeness (QED) is 0.707. The summed E-state index contributed by atoms with van der Waals surface area (Å²) in [5.74, 6) is 0.371. The average molecular weight is 248 g/mol. The maximum atomic E-state index is 12.1. The summed E-state index contributed by atoms with van der Waals surface area (Å²) in [6.07, 6.45) is 1.84. The largest absolute Gasteiger partial charge is 0.463 e. The van der Waals surface area contributed by atoms with Gasteiger partial charge in [-0.1, -0.05) is 44.2 Å². The molecule has 18 heavy (non-hydrogen) atoms. The zero-order valence-corrected chi connectivity index (χ0v) is 11.8. The van der Waals surface area contributed by atoms with Gasteiger partial charge in [-0.25, -0.2) is 0 Å². The van der Waals surface area contributed by atoms with Crippen molar-refractivity contribution in [2.24, 2.45) is 5.92 Å². The summed E-state index contributed by atoms with van der Waals surface area (Å²) in [6.45, 7) is 8.14. The molecule has 0 aromatic heterocycles. The van der Waals surface area contributed by atoms with Crippen molar-refractivity contribution in [3.05, 3.63) is 35.9 Å². The van der Waals surface area contributed by atoms with Crippen LogP contribution in [0, 0.1) is 5.92 Å². The van der Waals surface area contributed by atoms with Crippen LogP contribution in [0.15, 0.2) is 30.3 Å². The lowest BCUT2D eigenvalue weighted by molar-refractivity contribution is -0.149. The van der Waals surface area contributed by atoms with Gasteiger partial charge in [0.05, 0.1) is 12.0 Å². The molecule has 0 heterocycles. The second-order valence-electron chi connectivity index (χ2n) is 5.42. The van der Waals surface area contributed by atoms with E-state index in [9.17, 15) is 4.79 Å². The van der Waals surface area contributed by atoms with E-state index in [1.165, 1.54) is 0 Å².